The molecule has 2 N–H and O–H groups in total. The first-order valence-corrected chi connectivity index (χ1v) is 6.92. The molecule has 0 unspecified atom stereocenters. The van der Waals surface area contributed by atoms with E-state index in [-0.39, 0.29) is 5.41 Å². The molecule has 1 heterocycles. The minimum atomic E-state index is 0.145. The third-order valence-electron chi connectivity index (χ3n) is 3.76. The Morgan fingerprint density at radius 3 is 2.15 bits per heavy atom. The minimum Gasteiger partial charge on any atom is -0.383 e. The molecule has 0 radical (unpaired) electrons. The van der Waals surface area contributed by atoms with E-state index in [1.807, 2.05) is 13.8 Å². The highest BCUT2D eigenvalue weighted by Gasteiger charge is 2.16. The number of aromatic nitrogens is 2. The van der Waals surface area contributed by atoms with E-state index in [0.29, 0.717) is 11.6 Å². The Balaban J connectivity index is 2.54. The van der Waals surface area contributed by atoms with Gasteiger partial charge in [0.15, 0.2) is 5.82 Å². The van der Waals surface area contributed by atoms with E-state index in [1.165, 1.54) is 11.1 Å². The second kappa shape index (κ2) is 4.89. The first-order valence-electron chi connectivity index (χ1n) is 6.92. The third-order valence-corrected chi connectivity index (χ3v) is 3.76. The molecule has 20 heavy (non-hydrogen) atoms. The number of anilines is 1. The molecular formula is C17H23N3. The van der Waals surface area contributed by atoms with Gasteiger partial charge in [-0.1, -0.05) is 39.0 Å². The van der Waals surface area contributed by atoms with Crippen molar-refractivity contribution >= 4 is 5.82 Å². The van der Waals surface area contributed by atoms with Crippen molar-refractivity contribution in [3.8, 4) is 11.4 Å². The maximum Gasteiger partial charge on any atom is 0.162 e. The summed E-state index contributed by atoms with van der Waals surface area (Å²) in [7, 11) is 0. The summed E-state index contributed by atoms with van der Waals surface area (Å²) in [6, 6.07) is 6.46. The van der Waals surface area contributed by atoms with Crippen molar-refractivity contribution in [2.24, 2.45) is 0 Å². The van der Waals surface area contributed by atoms with Crippen molar-refractivity contribution < 1.29 is 0 Å². The number of nitrogens with zero attached hydrogens (tertiary/aromatic N) is 2. The summed E-state index contributed by atoms with van der Waals surface area (Å²) < 4.78 is 0. The van der Waals surface area contributed by atoms with Crippen LogP contribution in [0.25, 0.3) is 11.4 Å². The van der Waals surface area contributed by atoms with Crippen molar-refractivity contribution in [3.63, 3.8) is 0 Å². The molecule has 0 aliphatic rings. The van der Waals surface area contributed by atoms with Gasteiger partial charge in [0.25, 0.3) is 0 Å². The quantitative estimate of drug-likeness (QED) is 0.852. The second-order valence-electron chi connectivity index (χ2n) is 6.42. The number of nitrogen functional groups attached to an aromatic ring is 1. The summed E-state index contributed by atoms with van der Waals surface area (Å²) in [5.41, 5.74) is 11.5. The van der Waals surface area contributed by atoms with E-state index in [2.05, 4.69) is 55.9 Å². The highest BCUT2D eigenvalue weighted by Crippen LogP contribution is 2.28. The van der Waals surface area contributed by atoms with E-state index >= 15 is 0 Å². The number of nitrogens with two attached hydrogens (primary N) is 1. The van der Waals surface area contributed by atoms with Gasteiger partial charge in [-0.15, -0.1) is 0 Å². The molecular weight excluding hydrogens is 246 g/mol. The molecule has 106 valence electrons. The van der Waals surface area contributed by atoms with E-state index in [9.17, 15) is 0 Å². The van der Waals surface area contributed by atoms with Crippen molar-refractivity contribution in [2.75, 3.05) is 5.73 Å². The fourth-order valence-corrected chi connectivity index (χ4v) is 2.15. The van der Waals surface area contributed by atoms with E-state index in [4.69, 9.17) is 5.73 Å². The Bertz CT molecular complexity index is 629. The largest absolute Gasteiger partial charge is 0.383 e. The van der Waals surface area contributed by atoms with Crippen LogP contribution in [0.2, 0.25) is 0 Å². The SMILES string of the molecule is Cc1cc(C(C)(C)C)ccc1-c1nc(C)c(C)c(N)n1. The number of rotatable bonds is 1. The van der Waals surface area contributed by atoms with Crippen molar-refractivity contribution in [3.05, 3.63) is 40.6 Å². The van der Waals surface area contributed by atoms with E-state index < -0.39 is 0 Å². The van der Waals surface area contributed by atoms with E-state index in [0.717, 1.165) is 16.8 Å². The normalized spacial score (nSPS) is 11.7. The van der Waals surface area contributed by atoms with Crippen LogP contribution in [0, 0.1) is 20.8 Å². The van der Waals surface area contributed by atoms with Crippen LogP contribution < -0.4 is 5.73 Å². The third kappa shape index (κ3) is 2.67. The molecule has 3 heteroatoms. The number of hydrogen-bond acceptors (Lipinski definition) is 3. The highest BCUT2D eigenvalue weighted by molar-refractivity contribution is 5.63. The lowest BCUT2D eigenvalue weighted by Gasteiger charge is -2.20. The molecule has 0 atom stereocenters. The summed E-state index contributed by atoms with van der Waals surface area (Å²) in [4.78, 5) is 8.99. The molecule has 0 aliphatic heterocycles. The van der Waals surface area contributed by atoms with Crippen LogP contribution in [-0.2, 0) is 5.41 Å². The molecule has 0 saturated heterocycles. The first-order chi connectivity index (χ1) is 9.20. The molecule has 2 rings (SSSR count). The maximum absolute atomic E-state index is 5.96. The van der Waals surface area contributed by atoms with Gasteiger partial charge in [-0.2, -0.15) is 0 Å². The molecule has 3 nitrogen and oxygen atoms in total. The Hall–Kier alpha value is -1.90. The van der Waals surface area contributed by atoms with Gasteiger partial charge in [-0.3, -0.25) is 0 Å². The Morgan fingerprint density at radius 2 is 1.65 bits per heavy atom. The van der Waals surface area contributed by atoms with Gasteiger partial charge < -0.3 is 5.73 Å². The predicted octanol–water partition coefficient (Wildman–Crippen LogP) is 3.95. The van der Waals surface area contributed by atoms with Crippen molar-refractivity contribution in [1.82, 2.24) is 9.97 Å². The van der Waals surface area contributed by atoms with Gasteiger partial charge in [0.2, 0.25) is 0 Å². The lowest BCUT2D eigenvalue weighted by atomic mass is 9.85. The maximum atomic E-state index is 5.96. The Morgan fingerprint density at radius 1 is 1.00 bits per heavy atom. The summed E-state index contributed by atoms with van der Waals surface area (Å²) in [5.74, 6) is 1.27. The number of hydrogen-bond donors (Lipinski definition) is 1. The number of aryl methyl sites for hydroxylation is 2. The molecule has 0 bridgehead atoms. The fraction of sp³-hybridized carbons (Fsp3) is 0.412. The molecule has 2 aromatic rings. The molecule has 0 aliphatic carbocycles. The molecule has 0 amide bonds. The van der Waals surface area contributed by atoms with Gasteiger partial charge in [0, 0.05) is 16.8 Å². The molecule has 1 aromatic heterocycles. The average molecular weight is 269 g/mol. The Kier molecular flexibility index (Phi) is 3.55. The fourth-order valence-electron chi connectivity index (χ4n) is 2.15. The van der Waals surface area contributed by atoms with Gasteiger partial charge in [-0.05, 0) is 37.3 Å². The zero-order chi connectivity index (χ0) is 15.1. The van der Waals surface area contributed by atoms with Crippen molar-refractivity contribution in [1.29, 1.82) is 0 Å². The Labute approximate surface area is 121 Å². The molecule has 1 aromatic carbocycles. The van der Waals surface area contributed by atoms with Gasteiger partial charge in [-0.25, -0.2) is 9.97 Å². The van der Waals surface area contributed by atoms with E-state index in [1.54, 1.807) is 0 Å². The smallest absolute Gasteiger partial charge is 0.162 e. The molecule has 0 fully saturated rings. The lowest BCUT2D eigenvalue weighted by Crippen LogP contribution is -2.11. The summed E-state index contributed by atoms with van der Waals surface area (Å²) in [6.45, 7) is 12.7. The topological polar surface area (TPSA) is 51.8 Å². The van der Waals surface area contributed by atoms with Crippen LogP contribution in [0.4, 0.5) is 5.82 Å². The molecule has 0 saturated carbocycles. The summed E-state index contributed by atoms with van der Waals surface area (Å²) in [5, 5.41) is 0. The zero-order valence-corrected chi connectivity index (χ0v) is 13.2. The van der Waals surface area contributed by atoms with Crippen LogP contribution in [-0.4, -0.2) is 9.97 Å². The monoisotopic (exact) mass is 269 g/mol. The van der Waals surface area contributed by atoms with Crippen LogP contribution in [0.3, 0.4) is 0 Å². The van der Waals surface area contributed by atoms with Crippen LogP contribution >= 0.6 is 0 Å². The average Bonchev–Trinajstić information content (AvgIpc) is 2.34. The first kappa shape index (κ1) is 14.5. The minimum absolute atomic E-state index is 0.145. The lowest BCUT2D eigenvalue weighted by molar-refractivity contribution is 0.590. The van der Waals surface area contributed by atoms with Gasteiger partial charge in [0.1, 0.15) is 5.82 Å². The number of benzene rings is 1. The second-order valence-corrected chi connectivity index (χ2v) is 6.42. The van der Waals surface area contributed by atoms with Crippen LogP contribution in [0.15, 0.2) is 18.2 Å². The zero-order valence-electron chi connectivity index (χ0n) is 13.2. The summed E-state index contributed by atoms with van der Waals surface area (Å²) >= 11 is 0. The predicted molar refractivity (Wildman–Crippen MR) is 84.8 cm³/mol. The van der Waals surface area contributed by atoms with Crippen LogP contribution in [0.1, 0.15) is 43.2 Å². The summed E-state index contributed by atoms with van der Waals surface area (Å²) in [6.07, 6.45) is 0. The van der Waals surface area contributed by atoms with Crippen molar-refractivity contribution in [2.45, 2.75) is 47.0 Å². The van der Waals surface area contributed by atoms with Gasteiger partial charge >= 0.3 is 0 Å². The van der Waals surface area contributed by atoms with Gasteiger partial charge in [0.05, 0.1) is 0 Å². The highest BCUT2D eigenvalue weighted by atomic mass is 15.0. The standard InChI is InChI=1S/C17H23N3/c1-10-9-13(17(4,5)6)7-8-14(10)16-19-12(3)11(2)15(18)20-16/h7-9H,1-6H3,(H2,18,19,20). The van der Waals surface area contributed by atoms with Crippen LogP contribution in [0.5, 0.6) is 0 Å². The molecule has 0 spiro atoms.